The molecule has 0 aromatic rings. The predicted molar refractivity (Wildman–Crippen MR) is 70.1 cm³/mol. The van der Waals surface area contributed by atoms with Crippen LogP contribution in [0.25, 0.3) is 0 Å². The van der Waals surface area contributed by atoms with Crippen LogP contribution < -0.4 is 5.73 Å². The lowest BCUT2D eigenvalue weighted by Gasteiger charge is -2.13. The second-order valence-electron chi connectivity index (χ2n) is 4.80. The Morgan fingerprint density at radius 1 is 0.733 bits per heavy atom. The highest BCUT2D eigenvalue weighted by atomic mass is 14.5. The molecule has 0 aliphatic rings. The molecule has 0 spiro atoms. The standard InChI is InChI=1S/C14H31N/c1-3-5-7-8-10-12-14(13-15)11-9-6-4-2/h14H,3-13,15H2,1-2H3. The third-order valence-corrected chi connectivity index (χ3v) is 3.27. The van der Waals surface area contributed by atoms with Crippen LogP contribution in [0, 0.1) is 5.92 Å². The summed E-state index contributed by atoms with van der Waals surface area (Å²) < 4.78 is 0. The van der Waals surface area contributed by atoms with E-state index in [4.69, 9.17) is 5.73 Å². The van der Waals surface area contributed by atoms with Crippen LogP contribution in [0.5, 0.6) is 0 Å². The van der Waals surface area contributed by atoms with Gasteiger partial charge in [-0.15, -0.1) is 0 Å². The molecule has 0 amide bonds. The van der Waals surface area contributed by atoms with Crippen molar-refractivity contribution in [2.24, 2.45) is 11.7 Å². The van der Waals surface area contributed by atoms with E-state index < -0.39 is 0 Å². The lowest BCUT2D eigenvalue weighted by Crippen LogP contribution is -2.14. The molecule has 1 unspecified atom stereocenters. The first-order chi connectivity index (χ1) is 7.35. The number of hydrogen-bond donors (Lipinski definition) is 1. The summed E-state index contributed by atoms with van der Waals surface area (Å²) in [4.78, 5) is 0. The van der Waals surface area contributed by atoms with Gasteiger partial charge in [-0.05, 0) is 25.3 Å². The van der Waals surface area contributed by atoms with E-state index in [1.165, 1.54) is 64.2 Å². The van der Waals surface area contributed by atoms with Gasteiger partial charge in [0, 0.05) is 0 Å². The summed E-state index contributed by atoms with van der Waals surface area (Å²) in [7, 11) is 0. The van der Waals surface area contributed by atoms with Crippen LogP contribution in [0.1, 0.15) is 78.1 Å². The summed E-state index contributed by atoms with van der Waals surface area (Å²) in [6, 6.07) is 0. The van der Waals surface area contributed by atoms with Crippen molar-refractivity contribution in [3.05, 3.63) is 0 Å². The molecule has 92 valence electrons. The molecule has 1 nitrogen and oxygen atoms in total. The van der Waals surface area contributed by atoms with Gasteiger partial charge in [0.2, 0.25) is 0 Å². The lowest BCUT2D eigenvalue weighted by molar-refractivity contribution is 0.415. The lowest BCUT2D eigenvalue weighted by atomic mass is 9.95. The van der Waals surface area contributed by atoms with Crippen molar-refractivity contribution < 1.29 is 0 Å². The molecule has 0 aromatic heterocycles. The fourth-order valence-corrected chi connectivity index (χ4v) is 2.10. The van der Waals surface area contributed by atoms with Gasteiger partial charge in [-0.1, -0.05) is 65.2 Å². The largest absolute Gasteiger partial charge is 0.330 e. The summed E-state index contributed by atoms with van der Waals surface area (Å²) >= 11 is 0. The summed E-state index contributed by atoms with van der Waals surface area (Å²) in [5.41, 5.74) is 5.80. The Morgan fingerprint density at radius 3 is 1.73 bits per heavy atom. The molecule has 1 heteroatoms. The van der Waals surface area contributed by atoms with Crippen LogP contribution in [0.4, 0.5) is 0 Å². The van der Waals surface area contributed by atoms with E-state index in [2.05, 4.69) is 13.8 Å². The summed E-state index contributed by atoms with van der Waals surface area (Å²) in [5, 5.41) is 0. The molecular formula is C14H31N. The van der Waals surface area contributed by atoms with Crippen LogP contribution in [0.3, 0.4) is 0 Å². The first kappa shape index (κ1) is 15.0. The molecule has 0 saturated carbocycles. The zero-order chi connectivity index (χ0) is 11.4. The predicted octanol–water partition coefficient (Wildman–Crippen LogP) is 4.50. The second kappa shape index (κ2) is 12.0. The monoisotopic (exact) mass is 213 g/mol. The van der Waals surface area contributed by atoms with E-state index in [-0.39, 0.29) is 0 Å². The molecular weight excluding hydrogens is 182 g/mol. The van der Waals surface area contributed by atoms with Crippen molar-refractivity contribution in [1.82, 2.24) is 0 Å². The third-order valence-electron chi connectivity index (χ3n) is 3.27. The number of rotatable bonds is 11. The molecule has 0 aliphatic carbocycles. The van der Waals surface area contributed by atoms with Gasteiger partial charge >= 0.3 is 0 Å². The van der Waals surface area contributed by atoms with E-state index in [0.29, 0.717) is 0 Å². The average Bonchev–Trinajstić information content (AvgIpc) is 2.26. The molecule has 0 saturated heterocycles. The number of hydrogen-bond acceptors (Lipinski definition) is 1. The molecule has 0 bridgehead atoms. The van der Waals surface area contributed by atoms with Gasteiger partial charge in [0.05, 0.1) is 0 Å². The molecule has 15 heavy (non-hydrogen) atoms. The maximum atomic E-state index is 5.80. The van der Waals surface area contributed by atoms with Crippen LogP contribution in [-0.4, -0.2) is 6.54 Å². The van der Waals surface area contributed by atoms with Gasteiger partial charge in [0.1, 0.15) is 0 Å². The van der Waals surface area contributed by atoms with Gasteiger partial charge in [-0.25, -0.2) is 0 Å². The minimum atomic E-state index is 0.804. The normalized spacial score (nSPS) is 13.0. The Kier molecular flexibility index (Phi) is 12.0. The Bertz CT molecular complexity index is 112. The minimum Gasteiger partial charge on any atom is -0.330 e. The van der Waals surface area contributed by atoms with E-state index in [0.717, 1.165) is 12.5 Å². The summed E-state index contributed by atoms with van der Waals surface area (Å²) in [5.74, 6) is 0.804. The first-order valence-corrected chi connectivity index (χ1v) is 7.05. The Balaban J connectivity index is 3.28. The van der Waals surface area contributed by atoms with Gasteiger partial charge in [-0.3, -0.25) is 0 Å². The van der Waals surface area contributed by atoms with E-state index >= 15 is 0 Å². The molecule has 2 N–H and O–H groups in total. The second-order valence-corrected chi connectivity index (χ2v) is 4.80. The Morgan fingerprint density at radius 2 is 1.20 bits per heavy atom. The molecule has 0 aromatic carbocycles. The maximum absolute atomic E-state index is 5.80. The highest BCUT2D eigenvalue weighted by molar-refractivity contribution is 4.60. The number of nitrogens with two attached hydrogens (primary N) is 1. The zero-order valence-electron chi connectivity index (χ0n) is 10.9. The first-order valence-electron chi connectivity index (χ1n) is 7.05. The third kappa shape index (κ3) is 10.2. The highest BCUT2D eigenvalue weighted by Crippen LogP contribution is 2.16. The van der Waals surface area contributed by atoms with E-state index in [1.54, 1.807) is 0 Å². The quantitative estimate of drug-likeness (QED) is 0.502. The van der Waals surface area contributed by atoms with Crippen LogP contribution in [0.2, 0.25) is 0 Å². The SMILES string of the molecule is CCCCCCCC(CN)CCCCC. The number of unbranched alkanes of at least 4 members (excludes halogenated alkanes) is 6. The Labute approximate surface area is 96.8 Å². The summed E-state index contributed by atoms with van der Waals surface area (Å²) in [6.45, 7) is 5.44. The fourth-order valence-electron chi connectivity index (χ4n) is 2.10. The topological polar surface area (TPSA) is 26.0 Å². The van der Waals surface area contributed by atoms with Crippen molar-refractivity contribution in [3.8, 4) is 0 Å². The van der Waals surface area contributed by atoms with Gasteiger partial charge < -0.3 is 5.73 Å². The zero-order valence-corrected chi connectivity index (χ0v) is 10.9. The van der Waals surface area contributed by atoms with Crippen molar-refractivity contribution >= 4 is 0 Å². The van der Waals surface area contributed by atoms with E-state index in [9.17, 15) is 0 Å². The van der Waals surface area contributed by atoms with Crippen molar-refractivity contribution in [2.75, 3.05) is 6.54 Å². The van der Waals surface area contributed by atoms with Crippen molar-refractivity contribution in [3.63, 3.8) is 0 Å². The summed E-state index contributed by atoms with van der Waals surface area (Å²) in [6.07, 6.45) is 13.8. The van der Waals surface area contributed by atoms with Crippen molar-refractivity contribution in [1.29, 1.82) is 0 Å². The fraction of sp³-hybridized carbons (Fsp3) is 1.00. The van der Waals surface area contributed by atoms with Gasteiger partial charge in [0.25, 0.3) is 0 Å². The molecule has 0 aliphatic heterocycles. The molecule has 0 radical (unpaired) electrons. The highest BCUT2D eigenvalue weighted by Gasteiger charge is 2.05. The minimum absolute atomic E-state index is 0.804. The van der Waals surface area contributed by atoms with E-state index in [1.807, 2.05) is 0 Å². The molecule has 1 atom stereocenters. The van der Waals surface area contributed by atoms with Crippen LogP contribution in [0.15, 0.2) is 0 Å². The van der Waals surface area contributed by atoms with Crippen LogP contribution in [-0.2, 0) is 0 Å². The van der Waals surface area contributed by atoms with Gasteiger partial charge in [0.15, 0.2) is 0 Å². The maximum Gasteiger partial charge on any atom is -0.00489 e. The molecule has 0 fully saturated rings. The van der Waals surface area contributed by atoms with Gasteiger partial charge in [-0.2, -0.15) is 0 Å². The smallest absolute Gasteiger partial charge is 0.00489 e. The Hall–Kier alpha value is -0.0400. The van der Waals surface area contributed by atoms with Crippen molar-refractivity contribution in [2.45, 2.75) is 78.1 Å². The average molecular weight is 213 g/mol. The molecule has 0 heterocycles. The molecule has 0 rings (SSSR count). The van der Waals surface area contributed by atoms with Crippen LogP contribution >= 0.6 is 0 Å².